The van der Waals surface area contributed by atoms with E-state index >= 15 is 0 Å². The summed E-state index contributed by atoms with van der Waals surface area (Å²) in [6.07, 6.45) is 3.67. The van der Waals surface area contributed by atoms with Crippen LogP contribution >= 0.6 is 0 Å². The molecule has 0 saturated carbocycles. The molecule has 0 atom stereocenters. The molecule has 9 rings (SSSR count). The molecule has 0 amide bonds. The van der Waals surface area contributed by atoms with Gasteiger partial charge in [0, 0.05) is 49.0 Å². The molecule has 3 heterocycles. The maximum Gasteiger partial charge on any atom is 0.138 e. The van der Waals surface area contributed by atoms with Gasteiger partial charge in [-0.3, -0.25) is 0 Å². The molecule has 4 heteroatoms. The Morgan fingerprint density at radius 3 is 1.85 bits per heavy atom. The van der Waals surface area contributed by atoms with E-state index in [2.05, 4.69) is 127 Å². The van der Waals surface area contributed by atoms with E-state index < -0.39 is 0 Å². The Kier molecular flexibility index (Phi) is 10.9. The Morgan fingerprint density at radius 1 is 0.472 bits per heavy atom. The van der Waals surface area contributed by atoms with Gasteiger partial charge in [0.1, 0.15) is 11.3 Å². The van der Waals surface area contributed by atoms with Crippen molar-refractivity contribution >= 4 is 11.0 Å². The smallest absolute Gasteiger partial charge is 0.138 e. The van der Waals surface area contributed by atoms with Crippen molar-refractivity contribution in [3.63, 3.8) is 0 Å². The molecule has 0 unspecified atom stereocenters. The number of fused-ring (bicyclic) bond motifs is 1. The van der Waals surface area contributed by atoms with E-state index in [0.29, 0.717) is 0 Å². The zero-order valence-corrected chi connectivity index (χ0v) is 31.4. The Balaban J connectivity index is 0.000000284. The molecule has 257 valence electrons. The first-order valence-corrected chi connectivity index (χ1v) is 17.3. The number of pyridine rings is 2. The fourth-order valence-corrected chi connectivity index (χ4v) is 6.45. The van der Waals surface area contributed by atoms with E-state index in [4.69, 9.17) is 9.40 Å². The molecule has 0 N–H and O–H groups in total. The zero-order valence-electron chi connectivity index (χ0n) is 29.0. The number of benzene rings is 6. The second-order valence-corrected chi connectivity index (χ2v) is 12.5. The summed E-state index contributed by atoms with van der Waals surface area (Å²) >= 11 is 0. The first-order chi connectivity index (χ1) is 25.7. The minimum Gasteiger partial charge on any atom is -0.456 e. The van der Waals surface area contributed by atoms with Crippen molar-refractivity contribution in [3.05, 3.63) is 206 Å². The van der Waals surface area contributed by atoms with E-state index in [0.717, 1.165) is 78.2 Å². The van der Waals surface area contributed by atoms with E-state index in [9.17, 15) is 0 Å². The third-order valence-corrected chi connectivity index (χ3v) is 9.11. The Hall–Kier alpha value is -6.19. The van der Waals surface area contributed by atoms with Gasteiger partial charge in [0.2, 0.25) is 0 Å². The summed E-state index contributed by atoms with van der Waals surface area (Å²) in [6, 6.07) is 66.6. The fourth-order valence-electron chi connectivity index (χ4n) is 6.45. The third kappa shape index (κ3) is 7.85. The van der Waals surface area contributed by atoms with E-state index in [1.165, 1.54) is 5.56 Å². The minimum absolute atomic E-state index is 0. The van der Waals surface area contributed by atoms with Crippen LogP contribution in [0.25, 0.3) is 78.2 Å². The number of hydrogen-bond acceptors (Lipinski definition) is 3. The van der Waals surface area contributed by atoms with Gasteiger partial charge in [-0.05, 0) is 59.3 Å². The summed E-state index contributed by atoms with van der Waals surface area (Å²) in [6.45, 7) is 2.14. The average Bonchev–Trinajstić information content (AvgIpc) is 3.57. The number of furan rings is 1. The summed E-state index contributed by atoms with van der Waals surface area (Å²) in [5.74, 6) is 0.917. The molecular weight excluding hydrogens is 825 g/mol. The second-order valence-electron chi connectivity index (χ2n) is 12.5. The first-order valence-electron chi connectivity index (χ1n) is 17.3. The van der Waals surface area contributed by atoms with Gasteiger partial charge >= 0.3 is 0 Å². The Bertz CT molecular complexity index is 2520. The molecule has 0 saturated heterocycles. The van der Waals surface area contributed by atoms with Gasteiger partial charge in [-0.25, -0.2) is 0 Å². The summed E-state index contributed by atoms with van der Waals surface area (Å²) in [7, 11) is 0. The van der Waals surface area contributed by atoms with Crippen LogP contribution in [0.1, 0.15) is 5.56 Å². The van der Waals surface area contributed by atoms with Crippen molar-refractivity contribution in [2.24, 2.45) is 0 Å². The van der Waals surface area contributed by atoms with Gasteiger partial charge in [-0.2, -0.15) is 0 Å². The van der Waals surface area contributed by atoms with Gasteiger partial charge in [0.15, 0.2) is 0 Å². The molecule has 0 aliphatic rings. The van der Waals surface area contributed by atoms with E-state index in [1.807, 2.05) is 79.0 Å². The quantitative estimate of drug-likeness (QED) is 0.156. The van der Waals surface area contributed by atoms with Crippen LogP contribution in [0.15, 0.2) is 193 Å². The standard InChI is InChI=1S/C38H26NO.C11H8N.Ir/c1-26-34-23-31(18-20-37(34)40-38(26)29-15-9-4-10-16-29)35-24-32(17-19-33(35)28-13-7-3-8-14-28)36-25-30(21-22-39-36)27-11-5-2-6-12-27;1-2-6-10(7-3-1)11-8-4-5-9-12-11;/h2-16,18-25H,1H3;1-6,8-9H;/q2*-1;. The minimum atomic E-state index is 0. The number of hydrogen-bond donors (Lipinski definition) is 0. The van der Waals surface area contributed by atoms with Crippen molar-refractivity contribution < 1.29 is 24.5 Å². The van der Waals surface area contributed by atoms with Crippen LogP contribution in [0.3, 0.4) is 0 Å². The zero-order chi connectivity index (χ0) is 35.1. The normalized spacial score (nSPS) is 10.6. The number of rotatable bonds is 6. The molecule has 0 spiro atoms. The Labute approximate surface area is 324 Å². The largest absolute Gasteiger partial charge is 0.456 e. The molecule has 3 nitrogen and oxygen atoms in total. The predicted octanol–water partition coefficient (Wildman–Crippen LogP) is 12.8. The predicted molar refractivity (Wildman–Crippen MR) is 213 cm³/mol. The fraction of sp³-hybridized carbons (Fsp3) is 0.0204. The molecule has 0 bridgehead atoms. The topological polar surface area (TPSA) is 38.9 Å². The SMILES string of the molecule is Cc1c(-c2ccccc2)oc2ccc(-c3cc(-c4cc(-c5ccccc5)ccn4)[c-]cc3-c3ccccc3)cc12.[Ir].[c-]1ccccc1-c1ccccn1. The summed E-state index contributed by atoms with van der Waals surface area (Å²) in [4.78, 5) is 8.94. The van der Waals surface area contributed by atoms with Gasteiger partial charge in [-0.1, -0.05) is 132 Å². The van der Waals surface area contributed by atoms with Gasteiger partial charge < -0.3 is 14.4 Å². The van der Waals surface area contributed by atoms with E-state index in [1.54, 1.807) is 6.20 Å². The van der Waals surface area contributed by atoms with Gasteiger partial charge in [0.05, 0.1) is 0 Å². The van der Waals surface area contributed by atoms with Crippen LogP contribution in [0, 0.1) is 19.1 Å². The number of nitrogens with zero attached hydrogens (tertiary/aromatic N) is 2. The summed E-state index contributed by atoms with van der Waals surface area (Å²) in [5, 5.41) is 1.12. The Morgan fingerprint density at radius 2 is 1.15 bits per heavy atom. The molecular formula is C49H34IrN2O-2. The maximum atomic E-state index is 6.32. The molecule has 0 fully saturated rings. The molecule has 0 aliphatic heterocycles. The molecule has 6 aromatic carbocycles. The van der Waals surface area contributed by atoms with Crippen LogP contribution in [-0.2, 0) is 20.1 Å². The van der Waals surface area contributed by atoms with Crippen molar-refractivity contribution in [2.45, 2.75) is 6.92 Å². The van der Waals surface area contributed by atoms with E-state index in [-0.39, 0.29) is 20.1 Å². The molecule has 1 radical (unpaired) electrons. The van der Waals surface area contributed by atoms with Crippen LogP contribution in [0.2, 0.25) is 0 Å². The monoisotopic (exact) mass is 859 g/mol. The van der Waals surface area contributed by atoms with Crippen molar-refractivity contribution in [2.75, 3.05) is 0 Å². The van der Waals surface area contributed by atoms with Crippen LogP contribution in [-0.4, -0.2) is 9.97 Å². The van der Waals surface area contributed by atoms with Crippen molar-refractivity contribution in [1.82, 2.24) is 9.97 Å². The third-order valence-electron chi connectivity index (χ3n) is 9.11. The maximum absolute atomic E-state index is 6.32. The van der Waals surface area contributed by atoms with Gasteiger partial charge in [0.25, 0.3) is 0 Å². The number of aromatic nitrogens is 2. The second kappa shape index (κ2) is 16.4. The molecule has 9 aromatic rings. The van der Waals surface area contributed by atoms with Crippen LogP contribution in [0.5, 0.6) is 0 Å². The molecule has 53 heavy (non-hydrogen) atoms. The van der Waals surface area contributed by atoms with Crippen molar-refractivity contribution in [1.29, 1.82) is 0 Å². The van der Waals surface area contributed by atoms with Crippen LogP contribution in [0.4, 0.5) is 0 Å². The van der Waals surface area contributed by atoms with Crippen LogP contribution < -0.4 is 0 Å². The summed E-state index contributed by atoms with van der Waals surface area (Å²) in [5.41, 5.74) is 13.8. The molecule has 3 aromatic heterocycles. The number of aryl methyl sites for hydroxylation is 1. The molecule has 0 aliphatic carbocycles. The average molecular weight is 859 g/mol. The first kappa shape index (κ1) is 35.2. The summed E-state index contributed by atoms with van der Waals surface area (Å²) < 4.78 is 6.32. The van der Waals surface area contributed by atoms with Crippen molar-refractivity contribution in [3.8, 4) is 67.2 Å². The van der Waals surface area contributed by atoms with Gasteiger partial charge in [-0.15, -0.1) is 59.7 Å².